The summed E-state index contributed by atoms with van der Waals surface area (Å²) in [5.74, 6) is 4.20. The maximum atomic E-state index is 11.4. The van der Waals surface area contributed by atoms with Gasteiger partial charge < -0.3 is 5.11 Å². The van der Waals surface area contributed by atoms with E-state index in [0.29, 0.717) is 34.5 Å². The highest BCUT2D eigenvalue weighted by molar-refractivity contribution is 5.07. The molecule has 22 heavy (non-hydrogen) atoms. The molecule has 6 atom stereocenters. The number of rotatable bonds is 0. The van der Waals surface area contributed by atoms with Crippen molar-refractivity contribution in [1.29, 1.82) is 0 Å². The number of aliphatic hydroxyl groups excluding tert-OH is 1. The van der Waals surface area contributed by atoms with E-state index in [1.165, 1.54) is 38.5 Å². The van der Waals surface area contributed by atoms with Crippen LogP contribution in [-0.2, 0) is 0 Å². The molecule has 0 aromatic rings. The summed E-state index contributed by atoms with van der Waals surface area (Å²) in [4.78, 5) is 0. The van der Waals surface area contributed by atoms with Crippen LogP contribution in [0.15, 0.2) is 0 Å². The number of hydrogen-bond donors (Lipinski definition) is 1. The van der Waals surface area contributed by atoms with Crippen LogP contribution in [0.25, 0.3) is 0 Å². The van der Waals surface area contributed by atoms with Gasteiger partial charge in [-0.2, -0.15) is 0 Å². The van der Waals surface area contributed by atoms with Crippen LogP contribution in [-0.4, -0.2) is 11.2 Å². The molecule has 0 saturated heterocycles. The molecular formula is C21H38O. The minimum atomic E-state index is -0.0379. The lowest BCUT2D eigenvalue weighted by molar-refractivity contribution is -0.0329. The SMILES string of the molecule is CC(C)(C)C1CCCC2C3CCCC(C(C)(C)C)C3C(O)C21. The lowest BCUT2D eigenvalue weighted by Crippen LogP contribution is -2.42. The Bertz CT molecular complexity index is 361. The van der Waals surface area contributed by atoms with E-state index in [9.17, 15) is 5.11 Å². The normalized spacial score (nSPS) is 46.2. The Hall–Kier alpha value is -0.0400. The van der Waals surface area contributed by atoms with E-state index in [-0.39, 0.29) is 6.10 Å². The monoisotopic (exact) mass is 306 g/mol. The molecule has 0 aromatic heterocycles. The first-order valence-electron chi connectivity index (χ1n) is 9.80. The van der Waals surface area contributed by atoms with Crippen LogP contribution in [0, 0.1) is 46.3 Å². The summed E-state index contributed by atoms with van der Waals surface area (Å²) < 4.78 is 0. The largest absolute Gasteiger partial charge is 0.393 e. The van der Waals surface area contributed by atoms with Crippen molar-refractivity contribution >= 4 is 0 Å². The maximum Gasteiger partial charge on any atom is 0.0607 e. The lowest BCUT2D eigenvalue weighted by atomic mass is 9.61. The highest BCUT2D eigenvalue weighted by Crippen LogP contribution is 2.62. The van der Waals surface area contributed by atoms with Gasteiger partial charge in [-0.3, -0.25) is 0 Å². The van der Waals surface area contributed by atoms with E-state index in [1.807, 2.05) is 0 Å². The van der Waals surface area contributed by atoms with Gasteiger partial charge in [-0.1, -0.05) is 54.4 Å². The Morgan fingerprint density at radius 3 is 1.32 bits per heavy atom. The van der Waals surface area contributed by atoms with Gasteiger partial charge in [0.05, 0.1) is 6.10 Å². The Labute approximate surface area is 138 Å². The smallest absolute Gasteiger partial charge is 0.0607 e. The predicted octanol–water partition coefficient (Wildman–Crippen LogP) is 5.52. The third-order valence-electron chi connectivity index (χ3n) is 7.59. The second kappa shape index (κ2) is 5.50. The van der Waals surface area contributed by atoms with Crippen molar-refractivity contribution in [3.05, 3.63) is 0 Å². The third kappa shape index (κ3) is 2.66. The topological polar surface area (TPSA) is 20.2 Å². The summed E-state index contributed by atoms with van der Waals surface area (Å²) in [7, 11) is 0. The summed E-state index contributed by atoms with van der Waals surface area (Å²) in [5, 5.41) is 11.4. The predicted molar refractivity (Wildman–Crippen MR) is 93.6 cm³/mol. The van der Waals surface area contributed by atoms with Gasteiger partial charge in [-0.05, 0) is 72.0 Å². The zero-order chi connectivity index (χ0) is 16.3. The molecule has 0 bridgehead atoms. The first-order chi connectivity index (χ1) is 10.1. The molecule has 3 rings (SSSR count). The number of aliphatic hydroxyl groups is 1. The molecule has 0 aromatic carbocycles. The first kappa shape index (κ1) is 16.8. The molecule has 6 unspecified atom stereocenters. The average molecular weight is 307 g/mol. The van der Waals surface area contributed by atoms with Gasteiger partial charge in [0.2, 0.25) is 0 Å². The van der Waals surface area contributed by atoms with Crippen molar-refractivity contribution in [3.63, 3.8) is 0 Å². The standard InChI is InChI=1S/C21H38O/c1-20(2,3)15-11-7-9-13-14-10-8-12-16(21(4,5)6)18(14)19(22)17(13)15/h13-19,22H,7-12H2,1-6H3. The van der Waals surface area contributed by atoms with Crippen molar-refractivity contribution in [3.8, 4) is 0 Å². The Balaban J connectivity index is 1.93. The molecule has 0 heterocycles. The molecule has 1 N–H and O–H groups in total. The fourth-order valence-electron chi connectivity index (χ4n) is 6.77. The molecule has 0 radical (unpaired) electrons. The van der Waals surface area contributed by atoms with E-state index in [2.05, 4.69) is 41.5 Å². The summed E-state index contributed by atoms with van der Waals surface area (Å²) in [6.07, 6.45) is 8.17. The molecule has 3 fully saturated rings. The second-order valence-corrected chi connectivity index (χ2v) is 10.8. The van der Waals surface area contributed by atoms with Crippen molar-refractivity contribution in [2.45, 2.75) is 86.2 Å². The summed E-state index contributed by atoms with van der Waals surface area (Å²) in [6, 6.07) is 0. The van der Waals surface area contributed by atoms with E-state index >= 15 is 0 Å². The molecule has 0 amide bonds. The molecule has 0 aliphatic heterocycles. The quantitative estimate of drug-likeness (QED) is 0.625. The van der Waals surface area contributed by atoms with Crippen LogP contribution < -0.4 is 0 Å². The van der Waals surface area contributed by atoms with Gasteiger partial charge in [-0.15, -0.1) is 0 Å². The summed E-state index contributed by atoms with van der Waals surface area (Å²) in [5.41, 5.74) is 0.685. The fraction of sp³-hybridized carbons (Fsp3) is 1.00. The first-order valence-corrected chi connectivity index (χ1v) is 9.80. The Morgan fingerprint density at radius 1 is 0.636 bits per heavy atom. The molecule has 1 heteroatoms. The van der Waals surface area contributed by atoms with E-state index in [0.717, 1.165) is 11.8 Å². The van der Waals surface area contributed by atoms with Crippen LogP contribution in [0.1, 0.15) is 80.1 Å². The van der Waals surface area contributed by atoms with Crippen molar-refractivity contribution in [1.82, 2.24) is 0 Å². The molecule has 128 valence electrons. The average Bonchev–Trinajstić information content (AvgIpc) is 2.71. The maximum absolute atomic E-state index is 11.4. The zero-order valence-electron chi connectivity index (χ0n) is 15.7. The molecule has 3 aliphatic rings. The fourth-order valence-corrected chi connectivity index (χ4v) is 6.77. The molecular weight excluding hydrogens is 268 g/mol. The minimum Gasteiger partial charge on any atom is -0.393 e. The highest BCUT2D eigenvalue weighted by Gasteiger charge is 2.58. The summed E-state index contributed by atoms with van der Waals surface area (Å²) in [6.45, 7) is 14.4. The highest BCUT2D eigenvalue weighted by atomic mass is 16.3. The second-order valence-electron chi connectivity index (χ2n) is 10.8. The van der Waals surface area contributed by atoms with E-state index in [4.69, 9.17) is 0 Å². The van der Waals surface area contributed by atoms with Crippen LogP contribution in [0.4, 0.5) is 0 Å². The summed E-state index contributed by atoms with van der Waals surface area (Å²) >= 11 is 0. The van der Waals surface area contributed by atoms with Gasteiger partial charge in [0, 0.05) is 0 Å². The van der Waals surface area contributed by atoms with Crippen LogP contribution in [0.3, 0.4) is 0 Å². The minimum absolute atomic E-state index is 0.0379. The van der Waals surface area contributed by atoms with E-state index in [1.54, 1.807) is 0 Å². The zero-order valence-corrected chi connectivity index (χ0v) is 15.7. The number of fused-ring (bicyclic) bond motifs is 3. The molecule has 3 aliphatic carbocycles. The van der Waals surface area contributed by atoms with Crippen LogP contribution in [0.5, 0.6) is 0 Å². The van der Waals surface area contributed by atoms with Crippen molar-refractivity contribution in [2.24, 2.45) is 46.3 Å². The van der Waals surface area contributed by atoms with Gasteiger partial charge in [-0.25, -0.2) is 0 Å². The van der Waals surface area contributed by atoms with Gasteiger partial charge in [0.25, 0.3) is 0 Å². The Kier molecular flexibility index (Phi) is 4.20. The molecule has 1 nitrogen and oxygen atoms in total. The van der Waals surface area contributed by atoms with Gasteiger partial charge in [0.1, 0.15) is 0 Å². The lowest BCUT2D eigenvalue weighted by Gasteiger charge is -2.44. The van der Waals surface area contributed by atoms with E-state index < -0.39 is 0 Å². The molecule has 3 saturated carbocycles. The number of hydrogen-bond acceptors (Lipinski definition) is 1. The third-order valence-corrected chi connectivity index (χ3v) is 7.59. The van der Waals surface area contributed by atoms with Crippen molar-refractivity contribution < 1.29 is 5.11 Å². The molecule has 0 spiro atoms. The van der Waals surface area contributed by atoms with Gasteiger partial charge >= 0.3 is 0 Å². The van der Waals surface area contributed by atoms with Crippen LogP contribution >= 0.6 is 0 Å². The van der Waals surface area contributed by atoms with Crippen LogP contribution in [0.2, 0.25) is 0 Å². The van der Waals surface area contributed by atoms with Crippen molar-refractivity contribution in [2.75, 3.05) is 0 Å². The Morgan fingerprint density at radius 2 is 1.00 bits per heavy atom. The van der Waals surface area contributed by atoms with Gasteiger partial charge in [0.15, 0.2) is 0 Å².